The van der Waals surface area contributed by atoms with Crippen LogP contribution >= 0.6 is 0 Å². The van der Waals surface area contributed by atoms with Gasteiger partial charge >= 0.3 is 0 Å². The van der Waals surface area contributed by atoms with Crippen molar-refractivity contribution in [2.75, 3.05) is 32.2 Å². The fraction of sp³-hybridized carbons (Fsp3) is 0.538. The Hall–Kier alpha value is -1.66. The Kier molecular flexibility index (Phi) is 6.84. The van der Waals surface area contributed by atoms with Gasteiger partial charge in [-0.15, -0.1) is 0 Å². The van der Waals surface area contributed by atoms with Gasteiger partial charge < -0.3 is 20.5 Å². The van der Waals surface area contributed by atoms with E-state index in [4.69, 9.17) is 15.2 Å². The van der Waals surface area contributed by atoms with Gasteiger partial charge in [0, 0.05) is 19.6 Å². The van der Waals surface area contributed by atoms with Crippen LogP contribution in [0, 0.1) is 5.92 Å². The van der Waals surface area contributed by atoms with E-state index in [1.54, 1.807) is 25.4 Å². The molecule has 1 heterocycles. The fourth-order valence-electron chi connectivity index (χ4n) is 1.38. The van der Waals surface area contributed by atoms with Crippen molar-refractivity contribution in [3.8, 4) is 5.88 Å². The Morgan fingerprint density at radius 3 is 2.84 bits per heavy atom. The molecule has 0 aromatic carbocycles. The van der Waals surface area contributed by atoms with Gasteiger partial charge in [-0.2, -0.15) is 0 Å². The number of nitrogens with two attached hydrogens (primary N) is 1. The number of aromatic nitrogens is 1. The monoisotopic (exact) mass is 267 g/mol. The molecule has 0 spiro atoms. The zero-order chi connectivity index (χ0) is 14.1. The van der Waals surface area contributed by atoms with Crippen molar-refractivity contribution in [2.24, 2.45) is 11.7 Å². The summed E-state index contributed by atoms with van der Waals surface area (Å²) in [6.45, 7) is 3.39. The number of carbonyl (C=O) groups is 1. The number of carbonyl (C=O) groups excluding carboxylic acids is 1. The van der Waals surface area contributed by atoms with Gasteiger partial charge in [0.15, 0.2) is 0 Å². The molecule has 0 aliphatic heterocycles. The molecule has 1 aromatic heterocycles. The minimum atomic E-state index is -0.0622. The molecular weight excluding hydrogens is 246 g/mol. The van der Waals surface area contributed by atoms with E-state index in [1.165, 1.54) is 0 Å². The van der Waals surface area contributed by atoms with E-state index in [0.717, 1.165) is 0 Å². The Balaban J connectivity index is 2.41. The maximum atomic E-state index is 11.6. The van der Waals surface area contributed by atoms with Crippen molar-refractivity contribution in [2.45, 2.75) is 13.3 Å². The Labute approximate surface area is 113 Å². The van der Waals surface area contributed by atoms with Crippen LogP contribution in [0.4, 0.5) is 5.69 Å². The van der Waals surface area contributed by atoms with Gasteiger partial charge in [-0.3, -0.25) is 4.79 Å². The molecule has 1 rings (SSSR count). The summed E-state index contributed by atoms with van der Waals surface area (Å²) in [5, 5.41) is 2.76. The lowest BCUT2D eigenvalue weighted by atomic mass is 10.1. The Morgan fingerprint density at radius 1 is 1.47 bits per heavy atom. The van der Waals surface area contributed by atoms with E-state index in [-0.39, 0.29) is 11.8 Å². The predicted octanol–water partition coefficient (Wildman–Crippen LogP) is 1.03. The molecule has 0 saturated heterocycles. The van der Waals surface area contributed by atoms with Crippen molar-refractivity contribution >= 4 is 11.6 Å². The summed E-state index contributed by atoms with van der Waals surface area (Å²) in [6, 6.07) is 3.46. The molecule has 0 fully saturated rings. The van der Waals surface area contributed by atoms with E-state index in [0.29, 0.717) is 37.7 Å². The highest BCUT2D eigenvalue weighted by Crippen LogP contribution is 2.12. The molecule has 0 bridgehead atoms. The molecule has 1 atom stereocenters. The Bertz CT molecular complexity index is 381. The van der Waals surface area contributed by atoms with Crippen molar-refractivity contribution in [3.05, 3.63) is 18.3 Å². The average Bonchev–Trinajstić information content (AvgIpc) is 2.40. The summed E-state index contributed by atoms with van der Waals surface area (Å²) in [6.07, 6.45) is 1.97. The van der Waals surface area contributed by atoms with Crippen molar-refractivity contribution < 1.29 is 14.3 Å². The Morgan fingerprint density at radius 2 is 2.26 bits per heavy atom. The van der Waals surface area contributed by atoms with Crippen LogP contribution in [-0.2, 0) is 9.53 Å². The highest BCUT2D eigenvalue weighted by Gasteiger charge is 2.08. The molecule has 1 amide bonds. The van der Waals surface area contributed by atoms with Crippen LogP contribution in [0.15, 0.2) is 18.3 Å². The van der Waals surface area contributed by atoms with Gasteiger partial charge in [0.1, 0.15) is 6.61 Å². The van der Waals surface area contributed by atoms with Crippen LogP contribution in [0.2, 0.25) is 0 Å². The van der Waals surface area contributed by atoms with E-state index >= 15 is 0 Å². The lowest BCUT2D eigenvalue weighted by Crippen LogP contribution is -2.20. The summed E-state index contributed by atoms with van der Waals surface area (Å²) in [4.78, 5) is 15.7. The summed E-state index contributed by atoms with van der Waals surface area (Å²) < 4.78 is 10.2. The number of hydrogen-bond donors (Lipinski definition) is 2. The van der Waals surface area contributed by atoms with E-state index in [2.05, 4.69) is 10.3 Å². The third-order valence-corrected chi connectivity index (χ3v) is 2.49. The number of nitrogens with zero attached hydrogens (tertiary/aromatic N) is 1. The summed E-state index contributed by atoms with van der Waals surface area (Å²) >= 11 is 0. The number of pyridine rings is 1. The number of ether oxygens (including phenoxy) is 2. The molecule has 0 aliphatic carbocycles. The molecule has 6 nitrogen and oxygen atoms in total. The topological polar surface area (TPSA) is 86.5 Å². The zero-order valence-electron chi connectivity index (χ0n) is 11.4. The lowest BCUT2D eigenvalue weighted by Gasteiger charge is -2.09. The van der Waals surface area contributed by atoms with Crippen LogP contribution in [0.3, 0.4) is 0 Å². The van der Waals surface area contributed by atoms with E-state index < -0.39 is 0 Å². The number of hydrogen-bond acceptors (Lipinski definition) is 5. The second-order valence-electron chi connectivity index (χ2n) is 4.32. The summed E-state index contributed by atoms with van der Waals surface area (Å²) in [5.74, 6) is 0.614. The first-order valence-corrected chi connectivity index (χ1v) is 6.23. The first-order chi connectivity index (χ1) is 9.15. The molecule has 3 N–H and O–H groups in total. The standard InChI is InChI=1S/C13H21N3O3/c1-10(8-14)7-12(17)16-11-3-4-13(15-9-11)19-6-5-18-2/h3-4,9-10H,5-8,14H2,1-2H3,(H,16,17). The molecule has 6 heteroatoms. The minimum Gasteiger partial charge on any atom is -0.475 e. The van der Waals surface area contributed by atoms with Gasteiger partial charge in [-0.25, -0.2) is 4.98 Å². The predicted molar refractivity (Wildman–Crippen MR) is 73.1 cm³/mol. The van der Waals surface area contributed by atoms with Crippen molar-refractivity contribution in [3.63, 3.8) is 0 Å². The number of methoxy groups -OCH3 is 1. The molecule has 1 aromatic rings. The van der Waals surface area contributed by atoms with Crippen LogP contribution in [0.1, 0.15) is 13.3 Å². The quantitative estimate of drug-likeness (QED) is 0.687. The molecule has 1 unspecified atom stereocenters. The van der Waals surface area contributed by atoms with E-state index in [9.17, 15) is 4.79 Å². The molecule has 19 heavy (non-hydrogen) atoms. The van der Waals surface area contributed by atoms with Gasteiger partial charge in [-0.05, 0) is 18.5 Å². The first-order valence-electron chi connectivity index (χ1n) is 6.23. The smallest absolute Gasteiger partial charge is 0.224 e. The highest BCUT2D eigenvalue weighted by molar-refractivity contribution is 5.90. The molecule has 0 saturated carbocycles. The van der Waals surface area contributed by atoms with Gasteiger partial charge in [-0.1, -0.05) is 6.92 Å². The fourth-order valence-corrected chi connectivity index (χ4v) is 1.38. The second-order valence-corrected chi connectivity index (χ2v) is 4.32. The van der Waals surface area contributed by atoms with E-state index in [1.807, 2.05) is 6.92 Å². The number of amides is 1. The van der Waals surface area contributed by atoms with Crippen molar-refractivity contribution in [1.82, 2.24) is 4.98 Å². The van der Waals surface area contributed by atoms with Crippen LogP contribution < -0.4 is 15.8 Å². The SMILES string of the molecule is COCCOc1ccc(NC(=O)CC(C)CN)cn1. The number of anilines is 1. The molecular formula is C13H21N3O3. The van der Waals surface area contributed by atoms with Gasteiger partial charge in [0.05, 0.1) is 18.5 Å². The van der Waals surface area contributed by atoms with Crippen LogP contribution in [0.25, 0.3) is 0 Å². The van der Waals surface area contributed by atoms with Crippen LogP contribution in [-0.4, -0.2) is 37.8 Å². The zero-order valence-corrected chi connectivity index (χ0v) is 11.4. The third kappa shape index (κ3) is 6.17. The average molecular weight is 267 g/mol. The maximum absolute atomic E-state index is 11.6. The lowest BCUT2D eigenvalue weighted by molar-refractivity contribution is -0.116. The van der Waals surface area contributed by atoms with Gasteiger partial charge in [0.2, 0.25) is 11.8 Å². The normalized spacial score (nSPS) is 11.9. The van der Waals surface area contributed by atoms with Crippen LogP contribution in [0.5, 0.6) is 5.88 Å². The number of nitrogens with one attached hydrogen (secondary N) is 1. The van der Waals surface area contributed by atoms with Crippen molar-refractivity contribution in [1.29, 1.82) is 0 Å². The maximum Gasteiger partial charge on any atom is 0.224 e. The van der Waals surface area contributed by atoms with Gasteiger partial charge in [0.25, 0.3) is 0 Å². The number of rotatable bonds is 8. The summed E-state index contributed by atoms with van der Waals surface area (Å²) in [5.41, 5.74) is 6.12. The molecule has 106 valence electrons. The summed E-state index contributed by atoms with van der Waals surface area (Å²) in [7, 11) is 1.61. The second kappa shape index (κ2) is 8.44. The third-order valence-electron chi connectivity index (χ3n) is 2.49. The first kappa shape index (κ1) is 15.4. The molecule has 0 radical (unpaired) electrons. The molecule has 0 aliphatic rings. The highest BCUT2D eigenvalue weighted by atomic mass is 16.5. The largest absolute Gasteiger partial charge is 0.475 e. The minimum absolute atomic E-state index is 0.0622.